The van der Waals surface area contributed by atoms with E-state index in [0.29, 0.717) is 12.3 Å². The predicted octanol–water partition coefficient (Wildman–Crippen LogP) is 4.47. The van der Waals surface area contributed by atoms with Gasteiger partial charge in [0.1, 0.15) is 29.5 Å². The molecule has 0 aliphatic heterocycles. The zero-order chi connectivity index (χ0) is 20.9. The first-order valence-corrected chi connectivity index (χ1v) is 9.71. The Kier molecular flexibility index (Phi) is 5.77. The van der Waals surface area contributed by atoms with Gasteiger partial charge in [0.2, 0.25) is 0 Å². The molecule has 0 amide bonds. The average molecular weight is 401 g/mol. The minimum atomic E-state index is -0.455. The van der Waals surface area contributed by atoms with Crippen LogP contribution in [0.4, 0.5) is 5.82 Å². The van der Waals surface area contributed by atoms with Gasteiger partial charge in [0.15, 0.2) is 0 Å². The highest BCUT2D eigenvalue weighted by atomic mass is 16.6. The van der Waals surface area contributed by atoms with Gasteiger partial charge in [0, 0.05) is 25.4 Å². The summed E-state index contributed by atoms with van der Waals surface area (Å²) in [6.45, 7) is 2.56. The highest BCUT2D eigenvalue weighted by Gasteiger charge is 2.19. The van der Waals surface area contributed by atoms with Gasteiger partial charge in [-0.15, -0.1) is 0 Å². The number of fused-ring (bicyclic) bond motifs is 1. The lowest BCUT2D eigenvalue weighted by Crippen LogP contribution is -2.14. The maximum atomic E-state index is 12.0. The second-order valence-corrected chi connectivity index (χ2v) is 6.98. The first-order chi connectivity index (χ1) is 14.7. The van der Waals surface area contributed by atoms with E-state index in [-0.39, 0.29) is 6.61 Å². The van der Waals surface area contributed by atoms with Crippen molar-refractivity contribution >= 4 is 17.4 Å². The Morgan fingerprint density at radius 2 is 1.83 bits per heavy atom. The molecule has 0 atom stereocenters. The predicted molar refractivity (Wildman–Crippen MR) is 117 cm³/mol. The van der Waals surface area contributed by atoms with Gasteiger partial charge in [-0.1, -0.05) is 42.5 Å². The number of anilines is 1. The number of esters is 1. The Morgan fingerprint density at radius 3 is 2.63 bits per heavy atom. The number of pyridine rings is 1. The number of ether oxygens (including phenoxy) is 2. The molecular formula is C24H23N3O3. The van der Waals surface area contributed by atoms with Crippen molar-refractivity contribution < 1.29 is 14.3 Å². The summed E-state index contributed by atoms with van der Waals surface area (Å²) in [4.78, 5) is 16.9. The van der Waals surface area contributed by atoms with Gasteiger partial charge in [0.05, 0.1) is 0 Å². The second-order valence-electron chi connectivity index (χ2n) is 6.98. The number of rotatable bonds is 7. The van der Waals surface area contributed by atoms with Crippen molar-refractivity contribution in [3.8, 4) is 17.0 Å². The normalized spacial score (nSPS) is 10.9. The highest BCUT2D eigenvalue weighted by molar-refractivity contribution is 5.83. The van der Waals surface area contributed by atoms with Crippen molar-refractivity contribution in [3.05, 3.63) is 84.1 Å². The van der Waals surface area contributed by atoms with Gasteiger partial charge in [-0.2, -0.15) is 0 Å². The lowest BCUT2D eigenvalue weighted by molar-refractivity contribution is -0.138. The van der Waals surface area contributed by atoms with Crippen LogP contribution in [0.3, 0.4) is 0 Å². The van der Waals surface area contributed by atoms with Crippen LogP contribution in [-0.4, -0.2) is 29.1 Å². The molecule has 0 spiro atoms. The Bertz CT molecular complexity index is 1170. The first kappa shape index (κ1) is 19.7. The van der Waals surface area contributed by atoms with Gasteiger partial charge in [-0.05, 0) is 42.3 Å². The van der Waals surface area contributed by atoms with Crippen molar-refractivity contribution in [2.75, 3.05) is 19.0 Å². The SMILES string of the molecule is COCC(=O)Oc1ccccc1-c1nc2cc(C)ccn2c1NCc1ccccc1. The Hall–Kier alpha value is -3.64. The van der Waals surface area contributed by atoms with Crippen molar-refractivity contribution in [3.63, 3.8) is 0 Å². The lowest BCUT2D eigenvalue weighted by atomic mass is 10.1. The number of nitrogens with zero attached hydrogens (tertiary/aromatic N) is 2. The largest absolute Gasteiger partial charge is 0.424 e. The molecule has 0 saturated heterocycles. The average Bonchev–Trinajstić information content (AvgIpc) is 3.11. The highest BCUT2D eigenvalue weighted by Crippen LogP contribution is 2.35. The molecule has 6 nitrogen and oxygen atoms in total. The van der Waals surface area contributed by atoms with Crippen LogP contribution in [0.15, 0.2) is 72.9 Å². The van der Waals surface area contributed by atoms with Crippen LogP contribution < -0.4 is 10.1 Å². The molecule has 152 valence electrons. The van der Waals surface area contributed by atoms with Gasteiger partial charge in [-0.3, -0.25) is 4.40 Å². The molecule has 0 aliphatic carbocycles. The van der Waals surface area contributed by atoms with E-state index in [1.165, 1.54) is 7.11 Å². The summed E-state index contributed by atoms with van der Waals surface area (Å²) < 4.78 is 12.4. The number of methoxy groups -OCH3 is 1. The number of aromatic nitrogens is 2. The molecule has 0 radical (unpaired) electrons. The third-order valence-electron chi connectivity index (χ3n) is 4.71. The van der Waals surface area contributed by atoms with Gasteiger partial charge >= 0.3 is 5.97 Å². The molecule has 2 heterocycles. The molecule has 4 aromatic rings. The fraction of sp³-hybridized carbons (Fsp3) is 0.167. The van der Waals surface area contributed by atoms with E-state index in [0.717, 1.165) is 33.8 Å². The van der Waals surface area contributed by atoms with E-state index in [4.69, 9.17) is 14.5 Å². The van der Waals surface area contributed by atoms with Crippen molar-refractivity contribution in [2.24, 2.45) is 0 Å². The Labute approximate surface area is 175 Å². The van der Waals surface area contributed by atoms with Crippen LogP contribution in [0.5, 0.6) is 5.75 Å². The maximum Gasteiger partial charge on any atom is 0.337 e. The number of hydrogen-bond donors (Lipinski definition) is 1. The van der Waals surface area contributed by atoms with Crippen LogP contribution >= 0.6 is 0 Å². The fourth-order valence-corrected chi connectivity index (χ4v) is 3.31. The van der Waals surface area contributed by atoms with E-state index >= 15 is 0 Å². The minimum absolute atomic E-state index is 0.113. The van der Waals surface area contributed by atoms with E-state index in [1.807, 2.05) is 66.1 Å². The summed E-state index contributed by atoms with van der Waals surface area (Å²) in [7, 11) is 1.46. The summed E-state index contributed by atoms with van der Waals surface area (Å²) >= 11 is 0. The molecule has 0 bridgehead atoms. The number of para-hydroxylation sites is 1. The summed E-state index contributed by atoms with van der Waals surface area (Å²) in [6, 6.07) is 21.6. The van der Waals surface area contributed by atoms with Gasteiger partial charge < -0.3 is 14.8 Å². The summed E-state index contributed by atoms with van der Waals surface area (Å²) in [5.41, 5.74) is 4.55. The first-order valence-electron chi connectivity index (χ1n) is 9.71. The van der Waals surface area contributed by atoms with Gasteiger partial charge in [-0.25, -0.2) is 9.78 Å². The van der Waals surface area contributed by atoms with E-state index in [2.05, 4.69) is 17.4 Å². The number of benzene rings is 2. The molecule has 6 heteroatoms. The van der Waals surface area contributed by atoms with Crippen molar-refractivity contribution in [1.82, 2.24) is 9.38 Å². The summed E-state index contributed by atoms with van der Waals surface area (Å²) in [5, 5.41) is 3.51. The topological polar surface area (TPSA) is 64.9 Å². The molecule has 4 rings (SSSR count). The monoisotopic (exact) mass is 401 g/mol. The smallest absolute Gasteiger partial charge is 0.337 e. The fourth-order valence-electron chi connectivity index (χ4n) is 3.31. The molecule has 2 aromatic heterocycles. The standard InChI is InChI=1S/C24H23N3O3/c1-17-12-13-27-21(14-17)26-23(24(27)25-15-18-8-4-3-5-9-18)19-10-6-7-11-20(19)30-22(28)16-29-2/h3-14,25H,15-16H2,1-2H3. The van der Waals surface area contributed by atoms with Crippen LogP contribution in [0, 0.1) is 6.92 Å². The van der Waals surface area contributed by atoms with Crippen LogP contribution in [-0.2, 0) is 16.1 Å². The van der Waals surface area contributed by atoms with Crippen LogP contribution in [0.1, 0.15) is 11.1 Å². The number of hydrogen-bond acceptors (Lipinski definition) is 5. The molecule has 0 aliphatic rings. The molecule has 30 heavy (non-hydrogen) atoms. The summed E-state index contributed by atoms with van der Waals surface area (Å²) in [6.07, 6.45) is 1.99. The van der Waals surface area contributed by atoms with Crippen molar-refractivity contribution in [2.45, 2.75) is 13.5 Å². The molecular weight excluding hydrogens is 378 g/mol. The third-order valence-corrected chi connectivity index (χ3v) is 4.71. The lowest BCUT2D eigenvalue weighted by Gasteiger charge is -2.12. The molecule has 0 unspecified atom stereocenters. The summed E-state index contributed by atoms with van der Waals surface area (Å²) in [5.74, 6) is 0.829. The number of imidazole rings is 1. The molecule has 0 saturated carbocycles. The number of aryl methyl sites for hydroxylation is 1. The third kappa shape index (κ3) is 4.18. The Morgan fingerprint density at radius 1 is 1.07 bits per heavy atom. The number of nitrogens with one attached hydrogen (secondary N) is 1. The van der Waals surface area contributed by atoms with Gasteiger partial charge in [0.25, 0.3) is 0 Å². The quantitative estimate of drug-likeness (QED) is 0.366. The molecule has 1 N–H and O–H groups in total. The second kappa shape index (κ2) is 8.80. The number of carbonyl (C=O) groups is 1. The number of carbonyl (C=O) groups excluding carboxylic acids is 1. The maximum absolute atomic E-state index is 12.0. The van der Waals surface area contributed by atoms with Crippen LogP contribution in [0.25, 0.3) is 16.9 Å². The van der Waals surface area contributed by atoms with Crippen LogP contribution in [0.2, 0.25) is 0 Å². The minimum Gasteiger partial charge on any atom is -0.424 e. The zero-order valence-corrected chi connectivity index (χ0v) is 17.0. The molecule has 0 fully saturated rings. The van der Waals surface area contributed by atoms with E-state index in [1.54, 1.807) is 6.07 Å². The molecule has 2 aromatic carbocycles. The van der Waals surface area contributed by atoms with E-state index < -0.39 is 5.97 Å². The van der Waals surface area contributed by atoms with Crippen molar-refractivity contribution in [1.29, 1.82) is 0 Å². The van der Waals surface area contributed by atoms with E-state index in [9.17, 15) is 4.79 Å². The Balaban J connectivity index is 1.78. The zero-order valence-electron chi connectivity index (χ0n) is 17.0.